The van der Waals surface area contributed by atoms with Crippen LogP contribution in [0.1, 0.15) is 37.5 Å². The minimum Gasteiger partial charge on any atom is -0.469 e. The molecule has 0 aromatic carbocycles. The fourth-order valence-corrected chi connectivity index (χ4v) is 2.95. The van der Waals surface area contributed by atoms with Crippen LogP contribution in [0.25, 0.3) is 0 Å². The van der Waals surface area contributed by atoms with Crippen molar-refractivity contribution in [3.8, 4) is 0 Å². The molecule has 0 radical (unpaired) electrons. The van der Waals surface area contributed by atoms with Gasteiger partial charge in [0, 0.05) is 24.2 Å². The Kier molecular flexibility index (Phi) is 3.59. The summed E-state index contributed by atoms with van der Waals surface area (Å²) >= 11 is 0. The average Bonchev–Trinajstić information content (AvgIpc) is 3.08. The highest BCUT2D eigenvalue weighted by Gasteiger charge is 2.45. The monoisotopic (exact) mass is 236 g/mol. The van der Waals surface area contributed by atoms with Gasteiger partial charge in [0.2, 0.25) is 0 Å². The molecule has 0 spiro atoms. The van der Waals surface area contributed by atoms with E-state index in [0.29, 0.717) is 0 Å². The Morgan fingerprint density at radius 2 is 2.24 bits per heavy atom. The van der Waals surface area contributed by atoms with Crippen LogP contribution in [0, 0.1) is 12.8 Å². The van der Waals surface area contributed by atoms with Gasteiger partial charge in [0.25, 0.3) is 0 Å². The molecule has 3 heteroatoms. The minimum absolute atomic E-state index is 0.184. The number of hydrogen-bond donors (Lipinski definition) is 1. The molecule has 0 bridgehead atoms. The quantitative estimate of drug-likeness (QED) is 0.825. The molecule has 96 valence electrons. The molecule has 1 atom stereocenters. The van der Waals surface area contributed by atoms with Crippen LogP contribution in [-0.2, 0) is 6.54 Å². The van der Waals surface area contributed by atoms with Gasteiger partial charge in [-0.1, -0.05) is 6.92 Å². The standard InChI is InChI=1S/C14H24N2O/c1-4-14(10-15,13-5-6-13)16(3)9-12-7-8-17-11(12)2/h7-8,13H,4-6,9-10,15H2,1-3H3. The van der Waals surface area contributed by atoms with Gasteiger partial charge >= 0.3 is 0 Å². The van der Waals surface area contributed by atoms with Gasteiger partial charge in [-0.05, 0) is 45.2 Å². The molecule has 1 aliphatic carbocycles. The van der Waals surface area contributed by atoms with E-state index >= 15 is 0 Å². The number of aryl methyl sites for hydroxylation is 1. The number of hydrogen-bond acceptors (Lipinski definition) is 3. The molecule has 3 nitrogen and oxygen atoms in total. The SMILES string of the molecule is CCC(CN)(C1CC1)N(C)Cc1ccoc1C. The Morgan fingerprint density at radius 3 is 2.65 bits per heavy atom. The zero-order valence-electron chi connectivity index (χ0n) is 11.2. The van der Waals surface area contributed by atoms with Crippen molar-refractivity contribution in [2.24, 2.45) is 11.7 Å². The van der Waals surface area contributed by atoms with Crippen LogP contribution in [0.15, 0.2) is 16.7 Å². The van der Waals surface area contributed by atoms with Crippen molar-refractivity contribution in [2.75, 3.05) is 13.6 Å². The summed E-state index contributed by atoms with van der Waals surface area (Å²) < 4.78 is 5.36. The van der Waals surface area contributed by atoms with E-state index in [1.54, 1.807) is 6.26 Å². The molecule has 2 rings (SSSR count). The van der Waals surface area contributed by atoms with E-state index in [1.165, 1.54) is 18.4 Å². The molecule has 0 saturated heterocycles. The second kappa shape index (κ2) is 4.83. The van der Waals surface area contributed by atoms with Crippen molar-refractivity contribution in [1.82, 2.24) is 4.90 Å². The third kappa shape index (κ3) is 2.26. The fourth-order valence-electron chi connectivity index (χ4n) is 2.95. The third-order valence-corrected chi connectivity index (χ3v) is 4.44. The van der Waals surface area contributed by atoms with Gasteiger partial charge in [0.05, 0.1) is 6.26 Å². The van der Waals surface area contributed by atoms with Crippen molar-refractivity contribution in [3.63, 3.8) is 0 Å². The first kappa shape index (κ1) is 12.7. The summed E-state index contributed by atoms with van der Waals surface area (Å²) in [4.78, 5) is 2.43. The van der Waals surface area contributed by atoms with Gasteiger partial charge < -0.3 is 10.2 Å². The lowest BCUT2D eigenvalue weighted by Crippen LogP contribution is -2.53. The summed E-state index contributed by atoms with van der Waals surface area (Å²) in [5.74, 6) is 1.81. The molecule has 0 amide bonds. The number of rotatable bonds is 6. The molecule has 1 fully saturated rings. The molecule has 1 unspecified atom stereocenters. The number of likely N-dealkylation sites (N-methyl/N-ethyl adjacent to an activating group) is 1. The second-order valence-electron chi connectivity index (χ2n) is 5.29. The highest BCUT2D eigenvalue weighted by molar-refractivity contribution is 5.16. The van der Waals surface area contributed by atoms with Gasteiger partial charge in [0.15, 0.2) is 0 Å². The first-order chi connectivity index (χ1) is 8.14. The number of nitrogens with two attached hydrogens (primary N) is 1. The Bertz CT molecular complexity index is 364. The summed E-state index contributed by atoms with van der Waals surface area (Å²) in [7, 11) is 2.20. The van der Waals surface area contributed by atoms with E-state index in [4.69, 9.17) is 10.2 Å². The van der Waals surface area contributed by atoms with Crippen LogP contribution in [0.2, 0.25) is 0 Å². The molecule has 1 saturated carbocycles. The van der Waals surface area contributed by atoms with Gasteiger partial charge in [-0.2, -0.15) is 0 Å². The largest absolute Gasteiger partial charge is 0.469 e. The summed E-state index contributed by atoms with van der Waals surface area (Å²) in [6.45, 7) is 5.96. The van der Waals surface area contributed by atoms with E-state index in [2.05, 4.69) is 24.9 Å². The lowest BCUT2D eigenvalue weighted by atomic mass is 9.88. The fraction of sp³-hybridized carbons (Fsp3) is 0.714. The van der Waals surface area contributed by atoms with Crippen molar-refractivity contribution >= 4 is 0 Å². The van der Waals surface area contributed by atoms with E-state index in [9.17, 15) is 0 Å². The highest BCUT2D eigenvalue weighted by Crippen LogP contribution is 2.44. The molecule has 17 heavy (non-hydrogen) atoms. The smallest absolute Gasteiger partial charge is 0.105 e. The van der Waals surface area contributed by atoms with Crippen molar-refractivity contribution in [1.29, 1.82) is 0 Å². The second-order valence-corrected chi connectivity index (χ2v) is 5.29. The van der Waals surface area contributed by atoms with E-state index < -0.39 is 0 Å². The first-order valence-corrected chi connectivity index (χ1v) is 6.58. The first-order valence-electron chi connectivity index (χ1n) is 6.58. The van der Waals surface area contributed by atoms with Crippen LogP contribution in [0.3, 0.4) is 0 Å². The maximum Gasteiger partial charge on any atom is 0.105 e. The Hall–Kier alpha value is -0.800. The molecule has 1 heterocycles. The van der Waals surface area contributed by atoms with Gasteiger partial charge in [0.1, 0.15) is 5.76 Å². The number of nitrogens with zero attached hydrogens (tertiary/aromatic N) is 1. The van der Waals surface area contributed by atoms with Crippen molar-refractivity contribution < 1.29 is 4.42 Å². The molecule has 1 aliphatic rings. The van der Waals surface area contributed by atoms with E-state index in [-0.39, 0.29) is 5.54 Å². The molecule has 0 aliphatic heterocycles. The maximum atomic E-state index is 6.06. The van der Waals surface area contributed by atoms with Gasteiger partial charge in [-0.3, -0.25) is 4.90 Å². The van der Waals surface area contributed by atoms with Crippen LogP contribution in [-0.4, -0.2) is 24.0 Å². The molecule has 1 aromatic heterocycles. The predicted octanol–water partition coefficient (Wildman–Crippen LogP) is 2.54. The summed E-state index contributed by atoms with van der Waals surface area (Å²) in [6, 6.07) is 2.07. The van der Waals surface area contributed by atoms with Crippen molar-refractivity contribution in [3.05, 3.63) is 23.7 Å². The van der Waals surface area contributed by atoms with Crippen LogP contribution in [0.5, 0.6) is 0 Å². The zero-order chi connectivity index (χ0) is 12.5. The maximum absolute atomic E-state index is 6.06. The average molecular weight is 236 g/mol. The van der Waals surface area contributed by atoms with E-state index in [1.807, 2.05) is 6.92 Å². The van der Waals surface area contributed by atoms with Crippen molar-refractivity contribution in [2.45, 2.75) is 45.2 Å². The van der Waals surface area contributed by atoms with Gasteiger partial charge in [-0.25, -0.2) is 0 Å². The lowest BCUT2D eigenvalue weighted by molar-refractivity contribution is 0.0887. The van der Waals surface area contributed by atoms with Crippen LogP contribution >= 0.6 is 0 Å². The predicted molar refractivity (Wildman–Crippen MR) is 69.7 cm³/mol. The third-order valence-electron chi connectivity index (χ3n) is 4.44. The summed E-state index contributed by atoms with van der Waals surface area (Å²) in [5, 5.41) is 0. The zero-order valence-corrected chi connectivity index (χ0v) is 11.2. The molecule has 1 aromatic rings. The number of furan rings is 1. The van der Waals surface area contributed by atoms with Gasteiger partial charge in [-0.15, -0.1) is 0 Å². The Labute approximate surface area is 104 Å². The molecule has 2 N–H and O–H groups in total. The summed E-state index contributed by atoms with van der Waals surface area (Å²) in [6.07, 6.45) is 5.56. The topological polar surface area (TPSA) is 42.4 Å². The normalized spacial score (nSPS) is 19.6. The molecular formula is C14H24N2O. The Balaban J connectivity index is 2.11. The Morgan fingerprint density at radius 1 is 1.53 bits per heavy atom. The van der Waals surface area contributed by atoms with E-state index in [0.717, 1.165) is 31.2 Å². The lowest BCUT2D eigenvalue weighted by Gasteiger charge is -2.41. The minimum atomic E-state index is 0.184. The molecular weight excluding hydrogens is 212 g/mol. The highest BCUT2D eigenvalue weighted by atomic mass is 16.3. The van der Waals surface area contributed by atoms with Crippen LogP contribution < -0.4 is 5.73 Å². The van der Waals surface area contributed by atoms with Crippen LogP contribution in [0.4, 0.5) is 0 Å². The summed E-state index contributed by atoms with van der Waals surface area (Å²) in [5.41, 5.74) is 7.52.